The molecule has 1 atom stereocenters. The molecule has 0 radical (unpaired) electrons. The molecule has 4 heteroatoms. The van der Waals surface area contributed by atoms with Gasteiger partial charge in [0.1, 0.15) is 5.41 Å². The summed E-state index contributed by atoms with van der Waals surface area (Å²) >= 11 is 4.92. The summed E-state index contributed by atoms with van der Waals surface area (Å²) in [4.78, 5) is 3.60. The highest BCUT2D eigenvalue weighted by Crippen LogP contribution is 2.44. The summed E-state index contributed by atoms with van der Waals surface area (Å²) in [6.07, 6.45) is 4.13. The molecule has 1 unspecified atom stereocenters. The Morgan fingerprint density at radius 3 is 2.45 bits per heavy atom. The Morgan fingerprint density at radius 1 is 1.64 bits per heavy atom. The number of nitrogens with zero attached hydrogens (tertiary/aromatic N) is 1. The van der Waals surface area contributed by atoms with Crippen LogP contribution in [0.4, 0.5) is 8.78 Å². The van der Waals surface area contributed by atoms with Gasteiger partial charge >= 0.3 is 5.38 Å². The van der Waals surface area contributed by atoms with Crippen LogP contribution < -0.4 is 0 Å². The molecule has 62 valence electrons. The monoisotopic (exact) mass is 179 g/mol. The molecular weight excluding hydrogens is 172 g/mol. The maximum atomic E-state index is 12.7. The van der Waals surface area contributed by atoms with Crippen LogP contribution in [0.25, 0.3) is 0 Å². The fraction of sp³-hybridized carbons (Fsp3) is 0.571. The van der Waals surface area contributed by atoms with Crippen LogP contribution in [0.3, 0.4) is 0 Å². The molecule has 0 aromatic rings. The Bertz CT molecular complexity index is 193. The molecule has 0 bridgehead atoms. The molecule has 1 heterocycles. The van der Waals surface area contributed by atoms with E-state index in [4.69, 9.17) is 11.6 Å². The number of alkyl halides is 3. The topological polar surface area (TPSA) is 12.4 Å². The minimum absolute atomic E-state index is 0.253. The normalized spacial score (nSPS) is 29.8. The first kappa shape index (κ1) is 8.65. The summed E-state index contributed by atoms with van der Waals surface area (Å²) < 4.78 is 25.4. The summed E-state index contributed by atoms with van der Waals surface area (Å²) in [5.74, 6) is 0. The predicted octanol–water partition coefficient (Wildman–Crippen LogP) is 2.81. The zero-order valence-corrected chi connectivity index (χ0v) is 6.78. The first-order chi connectivity index (χ1) is 5.02. The van der Waals surface area contributed by atoms with E-state index >= 15 is 0 Å². The lowest BCUT2D eigenvalue weighted by atomic mass is 9.88. The van der Waals surface area contributed by atoms with Crippen LogP contribution in [0.1, 0.15) is 13.3 Å². The van der Waals surface area contributed by atoms with Crippen molar-refractivity contribution in [2.24, 2.45) is 10.4 Å². The fourth-order valence-corrected chi connectivity index (χ4v) is 1.22. The van der Waals surface area contributed by atoms with Crippen LogP contribution in [0.5, 0.6) is 0 Å². The van der Waals surface area contributed by atoms with E-state index in [0.717, 1.165) is 0 Å². The molecule has 0 spiro atoms. The Balaban J connectivity index is 2.95. The molecule has 0 fully saturated rings. The molecule has 1 aliphatic rings. The van der Waals surface area contributed by atoms with E-state index in [1.54, 1.807) is 6.92 Å². The van der Waals surface area contributed by atoms with E-state index in [9.17, 15) is 8.78 Å². The molecule has 1 aliphatic heterocycles. The van der Waals surface area contributed by atoms with Gasteiger partial charge in [0.2, 0.25) is 0 Å². The van der Waals surface area contributed by atoms with Gasteiger partial charge in [0, 0.05) is 12.4 Å². The zero-order chi connectivity index (χ0) is 8.54. The van der Waals surface area contributed by atoms with Crippen molar-refractivity contribution in [2.45, 2.75) is 18.7 Å². The van der Waals surface area contributed by atoms with Crippen LogP contribution in [-0.4, -0.2) is 11.6 Å². The molecule has 0 saturated carbocycles. The standard InChI is InChI=1S/C7H8ClF2N/c1-2-6(7(8,9)10)3-4-11-5-6/h3-5H,2H2,1H3. The maximum Gasteiger partial charge on any atom is 0.335 e. The minimum Gasteiger partial charge on any atom is -0.268 e. The van der Waals surface area contributed by atoms with Gasteiger partial charge in [-0.25, -0.2) is 0 Å². The first-order valence-electron chi connectivity index (χ1n) is 3.30. The van der Waals surface area contributed by atoms with Gasteiger partial charge in [-0.1, -0.05) is 6.92 Å². The summed E-state index contributed by atoms with van der Waals surface area (Å²) in [5, 5.41) is -3.24. The van der Waals surface area contributed by atoms with E-state index < -0.39 is 10.8 Å². The quantitative estimate of drug-likeness (QED) is 0.578. The lowest BCUT2D eigenvalue weighted by Crippen LogP contribution is -2.34. The van der Waals surface area contributed by atoms with Crippen LogP contribution in [0.15, 0.2) is 17.3 Å². The second kappa shape index (κ2) is 2.55. The van der Waals surface area contributed by atoms with Crippen molar-refractivity contribution in [3.63, 3.8) is 0 Å². The Labute approximate surface area is 68.8 Å². The highest BCUT2D eigenvalue weighted by Gasteiger charge is 2.49. The summed E-state index contributed by atoms with van der Waals surface area (Å²) in [6.45, 7) is 1.65. The molecule has 0 saturated heterocycles. The highest BCUT2D eigenvalue weighted by atomic mass is 35.5. The number of hydrogen-bond acceptors (Lipinski definition) is 1. The first-order valence-corrected chi connectivity index (χ1v) is 3.68. The van der Waals surface area contributed by atoms with E-state index in [2.05, 4.69) is 4.99 Å². The minimum atomic E-state index is -3.24. The predicted molar refractivity (Wildman–Crippen MR) is 41.2 cm³/mol. The van der Waals surface area contributed by atoms with E-state index in [0.29, 0.717) is 0 Å². The summed E-state index contributed by atoms with van der Waals surface area (Å²) in [6, 6.07) is 0. The average Bonchev–Trinajstić information content (AvgIpc) is 2.33. The van der Waals surface area contributed by atoms with Gasteiger partial charge < -0.3 is 0 Å². The van der Waals surface area contributed by atoms with E-state index in [-0.39, 0.29) is 6.42 Å². The van der Waals surface area contributed by atoms with Gasteiger partial charge in [-0.05, 0) is 24.1 Å². The largest absolute Gasteiger partial charge is 0.335 e. The van der Waals surface area contributed by atoms with Crippen molar-refractivity contribution in [1.82, 2.24) is 0 Å². The second-order valence-corrected chi connectivity index (χ2v) is 2.96. The van der Waals surface area contributed by atoms with Gasteiger partial charge in [0.05, 0.1) is 0 Å². The molecule has 0 N–H and O–H groups in total. The van der Waals surface area contributed by atoms with Gasteiger partial charge in [-0.15, -0.1) is 0 Å². The van der Waals surface area contributed by atoms with Gasteiger partial charge in [-0.2, -0.15) is 8.78 Å². The van der Waals surface area contributed by atoms with Crippen molar-refractivity contribution in [1.29, 1.82) is 0 Å². The average molecular weight is 180 g/mol. The number of hydrogen-bond donors (Lipinski definition) is 0. The highest BCUT2D eigenvalue weighted by molar-refractivity contribution is 6.23. The SMILES string of the molecule is CCC1(C(F)(F)Cl)C=CN=C1. The number of aliphatic imine (C=N–C) groups is 1. The molecule has 1 rings (SSSR count). The van der Waals surface area contributed by atoms with Crippen LogP contribution in [0, 0.1) is 5.41 Å². The second-order valence-electron chi connectivity index (χ2n) is 2.49. The smallest absolute Gasteiger partial charge is 0.268 e. The van der Waals surface area contributed by atoms with Crippen LogP contribution >= 0.6 is 11.6 Å². The van der Waals surface area contributed by atoms with Crippen LogP contribution in [-0.2, 0) is 0 Å². The fourth-order valence-electron chi connectivity index (χ4n) is 0.972. The van der Waals surface area contributed by atoms with Crippen molar-refractivity contribution in [3.05, 3.63) is 12.3 Å². The number of rotatable bonds is 2. The van der Waals surface area contributed by atoms with E-state index in [1.807, 2.05) is 0 Å². The Morgan fingerprint density at radius 2 is 2.27 bits per heavy atom. The third kappa shape index (κ3) is 1.29. The zero-order valence-electron chi connectivity index (χ0n) is 6.02. The molecule has 0 amide bonds. The summed E-state index contributed by atoms with van der Waals surface area (Å²) in [7, 11) is 0. The molecule has 0 aromatic heterocycles. The molecule has 0 aromatic carbocycles. The summed E-state index contributed by atoms with van der Waals surface area (Å²) in [5.41, 5.74) is -1.37. The van der Waals surface area contributed by atoms with E-state index in [1.165, 1.54) is 18.5 Å². The third-order valence-electron chi connectivity index (χ3n) is 1.88. The molecule has 0 aliphatic carbocycles. The number of allylic oxidation sites excluding steroid dienone is 1. The van der Waals surface area contributed by atoms with Crippen molar-refractivity contribution in [3.8, 4) is 0 Å². The van der Waals surface area contributed by atoms with Crippen molar-refractivity contribution in [2.75, 3.05) is 0 Å². The van der Waals surface area contributed by atoms with Gasteiger partial charge in [0.15, 0.2) is 0 Å². The maximum absolute atomic E-state index is 12.7. The lowest BCUT2D eigenvalue weighted by Gasteiger charge is -2.26. The number of halogens is 3. The van der Waals surface area contributed by atoms with Crippen molar-refractivity contribution >= 4 is 17.8 Å². The third-order valence-corrected chi connectivity index (χ3v) is 2.23. The molecular formula is C7H8ClF2N. The van der Waals surface area contributed by atoms with Crippen LogP contribution in [0.2, 0.25) is 0 Å². The molecule has 1 nitrogen and oxygen atoms in total. The Kier molecular flexibility index (Phi) is 2.01. The van der Waals surface area contributed by atoms with Gasteiger partial charge in [-0.3, -0.25) is 4.99 Å². The van der Waals surface area contributed by atoms with Gasteiger partial charge in [0.25, 0.3) is 0 Å². The Hall–Kier alpha value is -0.440. The lowest BCUT2D eigenvalue weighted by molar-refractivity contribution is 0.0219. The van der Waals surface area contributed by atoms with Crippen molar-refractivity contribution < 1.29 is 8.78 Å². The molecule has 11 heavy (non-hydrogen) atoms.